The van der Waals surface area contributed by atoms with Crippen LogP contribution in [0.15, 0.2) is 29.2 Å². The van der Waals surface area contributed by atoms with Crippen molar-refractivity contribution < 1.29 is 13.6 Å². The fraction of sp³-hybridized carbons (Fsp3) is 0.562. The predicted octanol–water partition coefficient (Wildman–Crippen LogP) is 4.66. The molecule has 0 fully saturated rings. The molecule has 0 saturated carbocycles. The molecule has 1 aromatic carbocycles. The van der Waals surface area contributed by atoms with Gasteiger partial charge in [-0.05, 0) is 29.9 Å². The van der Waals surface area contributed by atoms with Gasteiger partial charge in [-0.3, -0.25) is 4.79 Å². The smallest absolute Gasteiger partial charge is 0.288 e. The number of hydrogen-bond donors (Lipinski definition) is 1. The third-order valence-corrected chi connectivity index (χ3v) is 4.35. The molecule has 0 spiro atoms. The van der Waals surface area contributed by atoms with Crippen molar-refractivity contribution in [3.8, 4) is 0 Å². The van der Waals surface area contributed by atoms with Gasteiger partial charge in [-0.15, -0.1) is 0 Å². The maximum Gasteiger partial charge on any atom is 0.288 e. The lowest BCUT2D eigenvalue weighted by Gasteiger charge is -2.25. The summed E-state index contributed by atoms with van der Waals surface area (Å²) in [7, 11) is 0. The van der Waals surface area contributed by atoms with Gasteiger partial charge in [-0.1, -0.05) is 51.6 Å². The Morgan fingerprint density at radius 1 is 1.14 bits per heavy atom. The molecule has 0 heterocycles. The molecule has 0 unspecified atom stereocenters. The lowest BCUT2D eigenvalue weighted by molar-refractivity contribution is 0.0934. The summed E-state index contributed by atoms with van der Waals surface area (Å²) in [6, 6.07) is 6.48. The van der Waals surface area contributed by atoms with E-state index in [1.165, 1.54) is 0 Å². The summed E-state index contributed by atoms with van der Waals surface area (Å²) in [4.78, 5) is 12.5. The van der Waals surface area contributed by atoms with Gasteiger partial charge in [0.2, 0.25) is 0 Å². The minimum absolute atomic E-state index is 0.287. The zero-order chi connectivity index (χ0) is 16.0. The predicted molar refractivity (Wildman–Crippen MR) is 83.8 cm³/mol. The highest BCUT2D eigenvalue weighted by Gasteiger charge is 2.20. The van der Waals surface area contributed by atoms with E-state index in [9.17, 15) is 13.6 Å². The molecule has 2 nitrogen and oxygen atoms in total. The number of thioether (sulfide) groups is 1. The number of carbonyl (C=O) groups excluding carboxylic acids is 1. The van der Waals surface area contributed by atoms with Crippen LogP contribution in [0.2, 0.25) is 0 Å². The topological polar surface area (TPSA) is 29.1 Å². The van der Waals surface area contributed by atoms with Crippen LogP contribution in [0.1, 0.15) is 38.1 Å². The van der Waals surface area contributed by atoms with Crippen LogP contribution in [0, 0.1) is 17.8 Å². The lowest BCUT2D eigenvalue weighted by Crippen LogP contribution is -2.34. The van der Waals surface area contributed by atoms with Gasteiger partial charge in [0.1, 0.15) is 0 Å². The zero-order valence-electron chi connectivity index (χ0n) is 12.9. The summed E-state index contributed by atoms with van der Waals surface area (Å²) in [5.74, 6) is -1.54. The van der Waals surface area contributed by atoms with Gasteiger partial charge in [0.05, 0.1) is 5.56 Å². The monoisotopic (exact) mass is 315 g/mol. The number of halogens is 2. The third-order valence-electron chi connectivity index (χ3n) is 3.56. The molecule has 1 N–H and O–H groups in total. The largest absolute Gasteiger partial charge is 0.352 e. The van der Waals surface area contributed by atoms with E-state index in [-0.39, 0.29) is 5.91 Å². The number of rotatable bonds is 7. The molecule has 1 rings (SSSR count). The average Bonchev–Trinajstić information content (AvgIpc) is 2.37. The first kappa shape index (κ1) is 18.0. The van der Waals surface area contributed by atoms with Crippen LogP contribution >= 0.6 is 11.8 Å². The summed E-state index contributed by atoms with van der Waals surface area (Å²) in [6.07, 6.45) is 0. The lowest BCUT2D eigenvalue weighted by atomic mass is 9.85. The molecular weight excluding hydrogens is 292 g/mol. The standard InChI is InChI=1S/C16H23F2NOS/c1-10(2)13(11(3)4)9-19-15(20)12-7-5-6-8-14(12)21-16(17)18/h5-8,10-11,13,16H,9H2,1-4H3,(H,19,20). The van der Waals surface area contributed by atoms with E-state index < -0.39 is 5.76 Å². The van der Waals surface area contributed by atoms with Gasteiger partial charge in [-0.2, -0.15) is 8.78 Å². The Balaban J connectivity index is 2.76. The third kappa shape index (κ3) is 5.65. The molecule has 0 radical (unpaired) electrons. The summed E-state index contributed by atoms with van der Waals surface area (Å²) in [5, 5.41) is 2.88. The second kappa shape index (κ2) is 8.37. The molecule has 118 valence electrons. The number of hydrogen-bond acceptors (Lipinski definition) is 2. The van der Waals surface area contributed by atoms with Crippen molar-refractivity contribution in [1.82, 2.24) is 5.32 Å². The van der Waals surface area contributed by atoms with Crippen LogP contribution in [0.4, 0.5) is 8.78 Å². The molecule has 0 aromatic heterocycles. The van der Waals surface area contributed by atoms with E-state index >= 15 is 0 Å². The molecule has 21 heavy (non-hydrogen) atoms. The van der Waals surface area contributed by atoms with Crippen LogP contribution in [-0.4, -0.2) is 18.2 Å². The van der Waals surface area contributed by atoms with Crippen molar-refractivity contribution in [2.24, 2.45) is 17.8 Å². The van der Waals surface area contributed by atoms with Crippen molar-refractivity contribution >= 4 is 17.7 Å². The Kier molecular flexibility index (Phi) is 7.15. The number of carbonyl (C=O) groups is 1. The van der Waals surface area contributed by atoms with E-state index in [0.29, 0.717) is 46.5 Å². The van der Waals surface area contributed by atoms with Crippen molar-refractivity contribution in [2.75, 3.05) is 6.54 Å². The van der Waals surface area contributed by atoms with Crippen LogP contribution in [0.25, 0.3) is 0 Å². The molecule has 0 aliphatic carbocycles. The van der Waals surface area contributed by atoms with E-state index in [1.54, 1.807) is 24.3 Å². The number of alkyl halides is 2. The number of nitrogens with one attached hydrogen (secondary N) is 1. The first-order chi connectivity index (χ1) is 9.82. The number of benzene rings is 1. The van der Waals surface area contributed by atoms with E-state index in [2.05, 4.69) is 33.0 Å². The molecule has 5 heteroatoms. The van der Waals surface area contributed by atoms with E-state index in [1.807, 2.05) is 0 Å². The molecule has 0 aliphatic heterocycles. The molecule has 1 amide bonds. The van der Waals surface area contributed by atoms with Crippen molar-refractivity contribution in [3.63, 3.8) is 0 Å². The molecule has 1 aromatic rings. The van der Waals surface area contributed by atoms with Gasteiger partial charge in [0.15, 0.2) is 0 Å². The SMILES string of the molecule is CC(C)C(CNC(=O)c1ccccc1SC(F)F)C(C)C. The fourth-order valence-corrected chi connectivity index (χ4v) is 3.04. The van der Waals surface area contributed by atoms with Crippen LogP contribution in [-0.2, 0) is 0 Å². The second-order valence-corrected chi connectivity index (χ2v) is 6.77. The van der Waals surface area contributed by atoms with Crippen molar-refractivity contribution in [3.05, 3.63) is 29.8 Å². The Labute approximate surface area is 129 Å². The van der Waals surface area contributed by atoms with Gasteiger partial charge >= 0.3 is 0 Å². The summed E-state index contributed by atoms with van der Waals surface area (Å²) in [5.41, 5.74) is 0.314. The van der Waals surface area contributed by atoms with Crippen molar-refractivity contribution in [1.29, 1.82) is 0 Å². The van der Waals surface area contributed by atoms with Gasteiger partial charge in [0.25, 0.3) is 11.7 Å². The average molecular weight is 315 g/mol. The van der Waals surface area contributed by atoms with Gasteiger partial charge < -0.3 is 5.32 Å². The van der Waals surface area contributed by atoms with Crippen LogP contribution < -0.4 is 5.32 Å². The van der Waals surface area contributed by atoms with Crippen LogP contribution in [0.5, 0.6) is 0 Å². The molecule has 0 aliphatic rings. The maximum atomic E-state index is 12.5. The number of amides is 1. The molecule has 0 atom stereocenters. The highest BCUT2D eigenvalue weighted by molar-refractivity contribution is 7.99. The van der Waals surface area contributed by atoms with Crippen LogP contribution in [0.3, 0.4) is 0 Å². The Bertz CT molecular complexity index is 455. The minimum Gasteiger partial charge on any atom is -0.352 e. The summed E-state index contributed by atoms with van der Waals surface area (Å²) >= 11 is 0.406. The molecular formula is C16H23F2NOS. The summed E-state index contributed by atoms with van der Waals surface area (Å²) < 4.78 is 25.0. The van der Waals surface area contributed by atoms with Gasteiger partial charge in [0, 0.05) is 11.4 Å². The normalized spacial score (nSPS) is 11.7. The fourth-order valence-electron chi connectivity index (χ4n) is 2.40. The first-order valence-electron chi connectivity index (χ1n) is 7.15. The highest BCUT2D eigenvalue weighted by atomic mass is 32.2. The Morgan fingerprint density at radius 2 is 1.71 bits per heavy atom. The minimum atomic E-state index is -2.53. The zero-order valence-corrected chi connectivity index (χ0v) is 13.7. The van der Waals surface area contributed by atoms with E-state index in [0.717, 1.165) is 0 Å². The molecule has 0 bridgehead atoms. The van der Waals surface area contributed by atoms with Crippen molar-refractivity contribution in [2.45, 2.75) is 38.3 Å². The summed E-state index contributed by atoms with van der Waals surface area (Å²) in [6.45, 7) is 9.05. The second-order valence-electron chi connectivity index (χ2n) is 5.74. The first-order valence-corrected chi connectivity index (χ1v) is 8.03. The highest BCUT2D eigenvalue weighted by Crippen LogP contribution is 2.28. The quantitative estimate of drug-likeness (QED) is 0.742. The Hall–Kier alpha value is -1.10. The Morgan fingerprint density at radius 3 is 2.24 bits per heavy atom. The maximum absolute atomic E-state index is 12.5. The molecule has 0 saturated heterocycles. The van der Waals surface area contributed by atoms with Gasteiger partial charge in [-0.25, -0.2) is 0 Å². The van der Waals surface area contributed by atoms with E-state index in [4.69, 9.17) is 0 Å².